The minimum absolute atomic E-state index is 0.357. The zero-order valence-electron chi connectivity index (χ0n) is 48.9. The Balaban J connectivity index is 1.05. The number of rotatable bonds is 13. The zero-order valence-corrected chi connectivity index (χ0v) is 48.9. The molecule has 6 aliphatic carbocycles. The molecule has 0 saturated heterocycles. The zero-order chi connectivity index (χ0) is 52.7. The van der Waals surface area contributed by atoms with Gasteiger partial charge in [-0.3, -0.25) is 0 Å². The van der Waals surface area contributed by atoms with Crippen LogP contribution in [0.2, 0.25) is 0 Å². The van der Waals surface area contributed by atoms with Crippen LogP contribution in [0.5, 0.6) is 0 Å². The summed E-state index contributed by atoms with van der Waals surface area (Å²) in [7, 11) is 0. The Kier molecular flexibility index (Phi) is 15.7. The first kappa shape index (κ1) is 52.5. The molecule has 1 N–H and O–H groups in total. The molecule has 0 radical (unpaired) electrons. The average Bonchev–Trinajstić information content (AvgIpc) is 3.66. The van der Waals surface area contributed by atoms with Crippen molar-refractivity contribution in [1.29, 1.82) is 0 Å². The quantitative estimate of drug-likeness (QED) is 0.116. The molecular formula is C76H96N2. The molecule has 13 rings (SSSR count). The lowest BCUT2D eigenvalue weighted by molar-refractivity contribution is 0.435. The van der Waals surface area contributed by atoms with Gasteiger partial charge in [-0.2, -0.15) is 0 Å². The van der Waals surface area contributed by atoms with E-state index in [1.807, 2.05) is 0 Å². The van der Waals surface area contributed by atoms with Gasteiger partial charge in [0.05, 0.1) is 5.69 Å². The van der Waals surface area contributed by atoms with Gasteiger partial charge in [0, 0.05) is 33.5 Å². The van der Waals surface area contributed by atoms with Crippen molar-refractivity contribution >= 4 is 60.8 Å². The van der Waals surface area contributed by atoms with Crippen molar-refractivity contribution in [1.82, 2.24) is 0 Å². The average molecular weight is 1040 g/mol. The fourth-order valence-corrected chi connectivity index (χ4v) is 17.2. The summed E-state index contributed by atoms with van der Waals surface area (Å²) in [6.45, 7) is 9.79. The Morgan fingerprint density at radius 2 is 0.615 bits per heavy atom. The lowest BCUT2D eigenvalue weighted by atomic mass is 9.79. The molecule has 6 aliphatic rings. The molecule has 0 atom stereocenters. The van der Waals surface area contributed by atoms with E-state index in [0.29, 0.717) is 47.3 Å². The van der Waals surface area contributed by atoms with Gasteiger partial charge < -0.3 is 10.2 Å². The van der Waals surface area contributed by atoms with E-state index in [0.717, 1.165) is 0 Å². The first-order valence-electron chi connectivity index (χ1n) is 33.1. The topological polar surface area (TPSA) is 15.3 Å². The highest BCUT2D eigenvalue weighted by atomic mass is 15.1. The maximum Gasteiger partial charge on any atom is 0.0543 e. The summed E-state index contributed by atoms with van der Waals surface area (Å²) in [5, 5.41) is 12.8. The normalized spacial score (nSPS) is 20.5. The summed E-state index contributed by atoms with van der Waals surface area (Å²) in [6.07, 6.45) is 40.7. The standard InChI is InChI=1S/C76H96N2/c1-50(2)71-48-73(77-64-42-58(52-23-11-5-12-24-52)39-59(43-64)53-25-13-6-14-26-53)69-37-35-68-72(51(3)4)49-74(70-38-36-67(71)75(69)76(68)70)78(65-44-60(54-27-15-7-16-28-54)40-61(45-65)55-29-17-8-18-30-55)66-46-62(56-31-19-9-20-32-56)41-63(47-66)57-33-21-10-22-34-57/h35-57,77H,5-34H2,1-4H3. The number of anilines is 5. The molecule has 0 amide bonds. The molecule has 6 saturated carbocycles. The second-order valence-electron chi connectivity index (χ2n) is 27.5. The Labute approximate surface area is 471 Å². The Morgan fingerprint density at radius 3 is 0.962 bits per heavy atom. The largest absolute Gasteiger partial charge is 0.355 e. The molecule has 410 valence electrons. The SMILES string of the molecule is CC(C)c1cc(Nc2cc(C3CCCCC3)cc(C3CCCCC3)c2)c2ccc3c(C(C)C)cc(N(c4cc(C5CCCCC5)cc(C5CCCCC5)c4)c4cc(C5CCCCC5)cc(C5CCCCC5)c4)c4ccc1c2c34. The van der Waals surface area contributed by atoms with Crippen molar-refractivity contribution in [3.05, 3.63) is 136 Å². The van der Waals surface area contributed by atoms with Crippen molar-refractivity contribution in [3.8, 4) is 0 Å². The molecule has 0 aliphatic heterocycles. The third-order valence-electron chi connectivity index (χ3n) is 21.6. The summed E-state index contributed by atoms with van der Waals surface area (Å²) in [5.41, 5.74) is 19.4. The highest BCUT2D eigenvalue weighted by molar-refractivity contribution is 6.29. The van der Waals surface area contributed by atoms with E-state index in [-0.39, 0.29) is 0 Å². The minimum atomic E-state index is 0.357. The van der Waals surface area contributed by atoms with Crippen LogP contribution in [0.3, 0.4) is 0 Å². The number of hydrogen-bond acceptors (Lipinski definition) is 2. The summed E-state index contributed by atoms with van der Waals surface area (Å²) in [5.74, 6) is 4.66. The van der Waals surface area contributed by atoms with Crippen molar-refractivity contribution in [3.63, 3.8) is 0 Å². The summed E-state index contributed by atoms with van der Waals surface area (Å²) >= 11 is 0. The first-order chi connectivity index (χ1) is 38.3. The Morgan fingerprint density at radius 1 is 0.321 bits per heavy atom. The van der Waals surface area contributed by atoms with Crippen LogP contribution in [0, 0.1) is 0 Å². The van der Waals surface area contributed by atoms with Gasteiger partial charge >= 0.3 is 0 Å². The van der Waals surface area contributed by atoms with Crippen LogP contribution in [0.4, 0.5) is 28.4 Å². The molecule has 6 fully saturated rings. The van der Waals surface area contributed by atoms with E-state index in [1.165, 1.54) is 265 Å². The third-order valence-corrected chi connectivity index (χ3v) is 21.6. The number of benzene rings is 7. The first-order valence-corrected chi connectivity index (χ1v) is 33.1. The highest BCUT2D eigenvalue weighted by Gasteiger charge is 2.30. The van der Waals surface area contributed by atoms with Crippen molar-refractivity contribution in [2.45, 2.75) is 268 Å². The van der Waals surface area contributed by atoms with E-state index in [2.05, 4.69) is 129 Å². The van der Waals surface area contributed by atoms with Crippen LogP contribution in [0.15, 0.2) is 91.0 Å². The molecule has 0 spiro atoms. The van der Waals surface area contributed by atoms with Crippen LogP contribution in [0.1, 0.15) is 312 Å². The van der Waals surface area contributed by atoms with E-state index in [1.54, 1.807) is 33.4 Å². The summed E-state index contributed by atoms with van der Waals surface area (Å²) < 4.78 is 0. The maximum absolute atomic E-state index is 4.28. The molecule has 0 bridgehead atoms. The number of nitrogens with zero attached hydrogens (tertiary/aromatic N) is 1. The van der Waals surface area contributed by atoms with Gasteiger partial charge in [-0.25, -0.2) is 0 Å². The molecule has 78 heavy (non-hydrogen) atoms. The Bertz CT molecular complexity index is 2980. The highest BCUT2D eigenvalue weighted by Crippen LogP contribution is 2.52. The lowest BCUT2D eigenvalue weighted by Gasteiger charge is -2.34. The molecular weight excluding hydrogens is 941 g/mol. The fraction of sp³-hybridized carbons (Fsp3) is 0.553. The lowest BCUT2D eigenvalue weighted by Crippen LogP contribution is -2.16. The predicted molar refractivity (Wildman–Crippen MR) is 338 cm³/mol. The second kappa shape index (κ2) is 23.3. The van der Waals surface area contributed by atoms with Gasteiger partial charge in [0.2, 0.25) is 0 Å². The van der Waals surface area contributed by atoms with Gasteiger partial charge in [-0.1, -0.05) is 186 Å². The van der Waals surface area contributed by atoms with Gasteiger partial charge in [0.1, 0.15) is 0 Å². The minimum Gasteiger partial charge on any atom is -0.355 e. The molecule has 7 aromatic rings. The molecule has 0 heterocycles. The van der Waals surface area contributed by atoms with Gasteiger partial charge in [0.25, 0.3) is 0 Å². The number of nitrogens with one attached hydrogen (secondary N) is 1. The van der Waals surface area contributed by atoms with Gasteiger partial charge in [-0.15, -0.1) is 0 Å². The smallest absolute Gasteiger partial charge is 0.0543 e. The molecule has 0 aromatic heterocycles. The van der Waals surface area contributed by atoms with Gasteiger partial charge in [0.15, 0.2) is 0 Å². The van der Waals surface area contributed by atoms with Crippen molar-refractivity contribution < 1.29 is 0 Å². The molecule has 0 unspecified atom stereocenters. The summed E-state index contributed by atoms with van der Waals surface area (Å²) in [6, 6.07) is 39.6. The summed E-state index contributed by atoms with van der Waals surface area (Å²) in [4.78, 5) is 2.88. The number of hydrogen-bond donors (Lipinski definition) is 1. The van der Waals surface area contributed by atoms with Crippen LogP contribution in [-0.4, -0.2) is 0 Å². The van der Waals surface area contributed by atoms with Crippen LogP contribution >= 0.6 is 0 Å². The van der Waals surface area contributed by atoms with Crippen LogP contribution in [0.25, 0.3) is 32.3 Å². The molecule has 2 nitrogen and oxygen atoms in total. The molecule has 2 heteroatoms. The molecule has 7 aromatic carbocycles. The van der Waals surface area contributed by atoms with Crippen LogP contribution < -0.4 is 10.2 Å². The predicted octanol–water partition coefficient (Wildman–Crippen LogP) is 24.3. The van der Waals surface area contributed by atoms with E-state index in [9.17, 15) is 0 Å². The monoisotopic (exact) mass is 1040 g/mol. The fourth-order valence-electron chi connectivity index (χ4n) is 17.2. The Hall–Kier alpha value is -4.82. The van der Waals surface area contributed by atoms with E-state index in [4.69, 9.17) is 0 Å². The second-order valence-corrected chi connectivity index (χ2v) is 27.5. The van der Waals surface area contributed by atoms with Crippen molar-refractivity contribution in [2.24, 2.45) is 0 Å². The van der Waals surface area contributed by atoms with Crippen molar-refractivity contribution in [2.75, 3.05) is 10.2 Å². The third kappa shape index (κ3) is 10.7. The van der Waals surface area contributed by atoms with Gasteiger partial charge in [-0.05, 0) is 239 Å². The van der Waals surface area contributed by atoms with E-state index >= 15 is 0 Å². The van der Waals surface area contributed by atoms with E-state index < -0.39 is 0 Å². The van der Waals surface area contributed by atoms with Crippen LogP contribution in [-0.2, 0) is 0 Å². The maximum atomic E-state index is 4.28.